The lowest BCUT2D eigenvalue weighted by Crippen LogP contribution is -2.35. The number of aliphatic hydroxyl groups is 1. The monoisotopic (exact) mass is 265 g/mol. The Kier molecular flexibility index (Phi) is 6.97. The van der Waals surface area contributed by atoms with Crippen molar-refractivity contribution in [1.82, 2.24) is 5.32 Å². The van der Waals surface area contributed by atoms with Crippen molar-refractivity contribution < 1.29 is 14.6 Å². The molecule has 0 bridgehead atoms. The van der Waals surface area contributed by atoms with Crippen LogP contribution in [0.5, 0.6) is 5.75 Å². The molecule has 0 spiro atoms. The van der Waals surface area contributed by atoms with Crippen LogP contribution in [-0.2, 0) is 4.79 Å². The van der Waals surface area contributed by atoms with Crippen LogP contribution >= 0.6 is 0 Å². The van der Waals surface area contributed by atoms with E-state index >= 15 is 0 Å². The van der Waals surface area contributed by atoms with Gasteiger partial charge in [-0.1, -0.05) is 19.1 Å². The highest BCUT2D eigenvalue weighted by Crippen LogP contribution is 2.12. The van der Waals surface area contributed by atoms with Crippen molar-refractivity contribution in [2.45, 2.75) is 39.2 Å². The Morgan fingerprint density at radius 1 is 1.47 bits per heavy atom. The van der Waals surface area contributed by atoms with Crippen molar-refractivity contribution in [2.75, 3.05) is 13.2 Å². The SMILES string of the molecule is CCC(CCO)NC(=O)CCOc1cccc(C)c1. The van der Waals surface area contributed by atoms with E-state index in [0.29, 0.717) is 19.4 Å². The minimum Gasteiger partial charge on any atom is -0.493 e. The third-order valence-electron chi connectivity index (χ3n) is 2.92. The largest absolute Gasteiger partial charge is 0.493 e. The predicted octanol–water partition coefficient (Wildman–Crippen LogP) is 2.04. The molecule has 1 aromatic rings. The average molecular weight is 265 g/mol. The molecule has 1 aromatic carbocycles. The van der Waals surface area contributed by atoms with Crippen molar-refractivity contribution in [2.24, 2.45) is 0 Å². The summed E-state index contributed by atoms with van der Waals surface area (Å²) in [5.41, 5.74) is 1.14. The molecule has 0 aliphatic heterocycles. The maximum atomic E-state index is 11.7. The zero-order valence-electron chi connectivity index (χ0n) is 11.7. The smallest absolute Gasteiger partial charge is 0.223 e. The Morgan fingerprint density at radius 2 is 2.26 bits per heavy atom. The minimum absolute atomic E-state index is 0.0343. The number of amides is 1. The predicted molar refractivity (Wildman–Crippen MR) is 75.2 cm³/mol. The Balaban J connectivity index is 2.27. The topological polar surface area (TPSA) is 58.6 Å². The average Bonchev–Trinajstić information content (AvgIpc) is 2.38. The first-order chi connectivity index (χ1) is 9.15. The van der Waals surface area contributed by atoms with Crippen LogP contribution in [0.15, 0.2) is 24.3 Å². The molecule has 0 aliphatic rings. The van der Waals surface area contributed by atoms with E-state index in [-0.39, 0.29) is 18.6 Å². The highest BCUT2D eigenvalue weighted by molar-refractivity contribution is 5.76. The van der Waals surface area contributed by atoms with E-state index in [1.54, 1.807) is 0 Å². The number of aryl methyl sites for hydroxylation is 1. The zero-order chi connectivity index (χ0) is 14.1. The van der Waals surface area contributed by atoms with Gasteiger partial charge in [0.15, 0.2) is 0 Å². The lowest BCUT2D eigenvalue weighted by molar-refractivity contribution is -0.122. The van der Waals surface area contributed by atoms with Crippen LogP contribution in [0.25, 0.3) is 0 Å². The second kappa shape index (κ2) is 8.53. The molecule has 1 unspecified atom stereocenters. The summed E-state index contributed by atoms with van der Waals surface area (Å²) in [7, 11) is 0. The lowest BCUT2D eigenvalue weighted by Gasteiger charge is -2.15. The molecule has 0 heterocycles. The molecule has 1 amide bonds. The summed E-state index contributed by atoms with van der Waals surface area (Å²) >= 11 is 0. The van der Waals surface area contributed by atoms with Crippen molar-refractivity contribution >= 4 is 5.91 Å². The number of nitrogens with one attached hydrogen (secondary N) is 1. The van der Waals surface area contributed by atoms with Crippen LogP contribution in [0.2, 0.25) is 0 Å². The van der Waals surface area contributed by atoms with E-state index in [1.165, 1.54) is 0 Å². The second-order valence-electron chi connectivity index (χ2n) is 4.60. The number of carbonyl (C=O) groups excluding carboxylic acids is 1. The molecular formula is C15H23NO3. The van der Waals surface area contributed by atoms with E-state index in [4.69, 9.17) is 9.84 Å². The molecule has 1 atom stereocenters. The molecule has 106 valence electrons. The van der Waals surface area contributed by atoms with Crippen LogP contribution in [0.3, 0.4) is 0 Å². The number of ether oxygens (including phenoxy) is 1. The van der Waals surface area contributed by atoms with E-state index < -0.39 is 0 Å². The summed E-state index contributed by atoms with van der Waals surface area (Å²) in [5.74, 6) is 0.753. The van der Waals surface area contributed by atoms with Crippen LogP contribution in [0.1, 0.15) is 31.7 Å². The van der Waals surface area contributed by atoms with Gasteiger partial charge in [-0.05, 0) is 37.5 Å². The fraction of sp³-hybridized carbons (Fsp3) is 0.533. The fourth-order valence-corrected chi connectivity index (χ4v) is 1.80. The van der Waals surface area contributed by atoms with E-state index in [1.807, 2.05) is 38.1 Å². The number of aliphatic hydroxyl groups excluding tert-OH is 1. The van der Waals surface area contributed by atoms with Gasteiger partial charge in [0.2, 0.25) is 5.91 Å². The molecule has 0 saturated heterocycles. The van der Waals surface area contributed by atoms with E-state index in [9.17, 15) is 4.79 Å². The minimum atomic E-state index is -0.0343. The molecule has 19 heavy (non-hydrogen) atoms. The second-order valence-corrected chi connectivity index (χ2v) is 4.60. The van der Waals surface area contributed by atoms with Crippen molar-refractivity contribution in [3.63, 3.8) is 0 Å². The number of rotatable bonds is 8. The highest BCUT2D eigenvalue weighted by atomic mass is 16.5. The number of benzene rings is 1. The van der Waals surface area contributed by atoms with Gasteiger partial charge in [0, 0.05) is 12.6 Å². The molecule has 1 rings (SSSR count). The maximum Gasteiger partial charge on any atom is 0.223 e. The van der Waals surface area contributed by atoms with E-state index in [0.717, 1.165) is 17.7 Å². The molecule has 0 aromatic heterocycles. The van der Waals surface area contributed by atoms with Crippen LogP contribution in [0.4, 0.5) is 0 Å². The quantitative estimate of drug-likeness (QED) is 0.756. The molecule has 4 nitrogen and oxygen atoms in total. The lowest BCUT2D eigenvalue weighted by atomic mass is 10.1. The fourth-order valence-electron chi connectivity index (χ4n) is 1.80. The molecular weight excluding hydrogens is 242 g/mol. The highest BCUT2D eigenvalue weighted by Gasteiger charge is 2.09. The Morgan fingerprint density at radius 3 is 2.89 bits per heavy atom. The van der Waals surface area contributed by atoms with Gasteiger partial charge >= 0.3 is 0 Å². The summed E-state index contributed by atoms with van der Waals surface area (Å²) < 4.78 is 5.52. The van der Waals surface area contributed by atoms with Gasteiger partial charge in [0.05, 0.1) is 13.0 Å². The zero-order valence-corrected chi connectivity index (χ0v) is 11.7. The van der Waals surface area contributed by atoms with Crippen LogP contribution < -0.4 is 10.1 Å². The Hall–Kier alpha value is -1.55. The number of carbonyl (C=O) groups is 1. The standard InChI is InChI=1S/C15H23NO3/c1-3-13(7-9-17)16-15(18)8-10-19-14-6-4-5-12(2)11-14/h4-6,11,13,17H,3,7-10H2,1-2H3,(H,16,18). The van der Waals surface area contributed by atoms with Gasteiger partial charge < -0.3 is 15.2 Å². The molecule has 2 N–H and O–H groups in total. The van der Waals surface area contributed by atoms with Crippen molar-refractivity contribution in [3.8, 4) is 5.75 Å². The molecule has 4 heteroatoms. The van der Waals surface area contributed by atoms with Gasteiger partial charge in [-0.25, -0.2) is 0 Å². The Labute approximate surface area is 114 Å². The first-order valence-corrected chi connectivity index (χ1v) is 6.75. The van der Waals surface area contributed by atoms with Crippen LogP contribution in [0, 0.1) is 6.92 Å². The van der Waals surface area contributed by atoms with Gasteiger partial charge in [-0.3, -0.25) is 4.79 Å². The number of hydrogen-bond donors (Lipinski definition) is 2. The summed E-state index contributed by atoms with van der Waals surface area (Å²) in [6.07, 6.45) is 1.75. The van der Waals surface area contributed by atoms with Gasteiger partial charge in [0.1, 0.15) is 5.75 Å². The van der Waals surface area contributed by atoms with Crippen molar-refractivity contribution in [1.29, 1.82) is 0 Å². The molecule has 0 saturated carbocycles. The first kappa shape index (κ1) is 15.5. The number of hydrogen-bond acceptors (Lipinski definition) is 3. The van der Waals surface area contributed by atoms with E-state index in [2.05, 4.69) is 5.32 Å². The summed E-state index contributed by atoms with van der Waals surface area (Å²) in [5, 5.41) is 11.7. The molecule has 0 aliphatic carbocycles. The summed E-state index contributed by atoms with van der Waals surface area (Å²) in [6.45, 7) is 4.45. The van der Waals surface area contributed by atoms with Crippen LogP contribution in [-0.4, -0.2) is 30.3 Å². The maximum absolute atomic E-state index is 11.7. The third kappa shape index (κ3) is 6.25. The van der Waals surface area contributed by atoms with Gasteiger partial charge in [-0.15, -0.1) is 0 Å². The summed E-state index contributed by atoms with van der Waals surface area (Å²) in [6, 6.07) is 7.81. The summed E-state index contributed by atoms with van der Waals surface area (Å²) in [4.78, 5) is 11.7. The van der Waals surface area contributed by atoms with Crippen molar-refractivity contribution in [3.05, 3.63) is 29.8 Å². The van der Waals surface area contributed by atoms with Gasteiger partial charge in [-0.2, -0.15) is 0 Å². The Bertz CT molecular complexity index is 393. The normalized spacial score (nSPS) is 11.9. The first-order valence-electron chi connectivity index (χ1n) is 6.75. The van der Waals surface area contributed by atoms with Gasteiger partial charge in [0.25, 0.3) is 0 Å². The third-order valence-corrected chi connectivity index (χ3v) is 2.92. The molecule has 0 radical (unpaired) electrons. The molecule has 0 fully saturated rings.